The smallest absolute Gasteiger partial charge is 0.243 e. The third-order valence-electron chi connectivity index (χ3n) is 4.34. The van der Waals surface area contributed by atoms with Crippen LogP contribution in [-0.4, -0.2) is 68.1 Å². The number of hydrogen-bond acceptors (Lipinski definition) is 8. The van der Waals surface area contributed by atoms with E-state index < -0.39 is 10.7 Å². The molecule has 0 radical (unpaired) electrons. The number of anilines is 1. The molecule has 4 rings (SSSR count). The van der Waals surface area contributed by atoms with Crippen molar-refractivity contribution in [1.29, 1.82) is 0 Å². The molecule has 0 atom stereocenters. The predicted octanol–water partition coefficient (Wildman–Crippen LogP) is 0.613. The van der Waals surface area contributed by atoms with Gasteiger partial charge in [0, 0.05) is 30.9 Å². The summed E-state index contributed by atoms with van der Waals surface area (Å²) in [6, 6.07) is 0.188. The van der Waals surface area contributed by atoms with Crippen molar-refractivity contribution in [3.05, 3.63) is 23.7 Å². The van der Waals surface area contributed by atoms with E-state index >= 15 is 0 Å². The van der Waals surface area contributed by atoms with Gasteiger partial charge in [-0.3, -0.25) is 10.00 Å². The molecular formula is C14H17ClN8O2S. The van der Waals surface area contributed by atoms with Gasteiger partial charge < -0.3 is 5.32 Å². The lowest BCUT2D eigenvalue weighted by atomic mass is 10.1. The van der Waals surface area contributed by atoms with Crippen molar-refractivity contribution in [2.75, 3.05) is 24.3 Å². The zero-order valence-corrected chi connectivity index (χ0v) is 15.3. The largest absolute Gasteiger partial charge is 0.350 e. The molecule has 0 bridgehead atoms. The van der Waals surface area contributed by atoms with Gasteiger partial charge in [0.05, 0.1) is 17.8 Å². The highest BCUT2D eigenvalue weighted by atomic mass is 35.5. The highest BCUT2D eigenvalue weighted by Gasteiger charge is 2.21. The van der Waals surface area contributed by atoms with Crippen LogP contribution in [0.4, 0.5) is 5.95 Å². The second-order valence-electron chi connectivity index (χ2n) is 6.11. The lowest BCUT2D eigenvalue weighted by molar-refractivity contribution is 0.250. The van der Waals surface area contributed by atoms with E-state index in [0.29, 0.717) is 22.3 Å². The van der Waals surface area contributed by atoms with Crippen LogP contribution in [0.25, 0.3) is 16.9 Å². The van der Waals surface area contributed by atoms with Gasteiger partial charge in [0.25, 0.3) is 0 Å². The Hall–Kier alpha value is -2.24. The minimum absolute atomic E-state index is 0.118. The van der Waals surface area contributed by atoms with E-state index in [-0.39, 0.29) is 11.9 Å². The number of aromatic nitrogens is 6. The number of likely N-dealkylation sites (tertiary alicyclic amines) is 1. The minimum Gasteiger partial charge on any atom is -0.350 e. The standard InChI is InChI=1S/C14H17ClN8O2S/c15-11-12(9-5-17-18-6-9)16-7-23-13(11)20-14(21-23)19-10-1-3-22(4-2-10)8-26(24)25/h5-7,10,26H,1-4,8H2,(H,17,18)(H,19,21). The summed E-state index contributed by atoms with van der Waals surface area (Å²) >= 11 is 6.44. The third kappa shape index (κ3) is 3.50. The second-order valence-corrected chi connectivity index (χ2v) is 7.43. The average molecular weight is 397 g/mol. The van der Waals surface area contributed by atoms with Crippen LogP contribution in [0.3, 0.4) is 0 Å². The van der Waals surface area contributed by atoms with Gasteiger partial charge in [0.1, 0.15) is 11.3 Å². The van der Waals surface area contributed by atoms with Gasteiger partial charge in [-0.15, -0.1) is 5.10 Å². The van der Waals surface area contributed by atoms with Gasteiger partial charge in [-0.05, 0) is 12.8 Å². The summed E-state index contributed by atoms with van der Waals surface area (Å²) in [7, 11) is -2.37. The first kappa shape index (κ1) is 17.2. The van der Waals surface area contributed by atoms with Gasteiger partial charge in [-0.2, -0.15) is 14.6 Å². The molecule has 12 heteroatoms. The maximum atomic E-state index is 10.8. The Bertz CT molecular complexity index is 970. The number of halogens is 1. The van der Waals surface area contributed by atoms with E-state index in [4.69, 9.17) is 11.6 Å². The maximum absolute atomic E-state index is 10.8. The molecule has 3 aromatic heterocycles. The molecule has 26 heavy (non-hydrogen) atoms. The van der Waals surface area contributed by atoms with Crippen LogP contribution < -0.4 is 5.32 Å². The monoisotopic (exact) mass is 396 g/mol. The lowest BCUT2D eigenvalue weighted by Crippen LogP contribution is -2.40. The van der Waals surface area contributed by atoms with Crippen molar-refractivity contribution in [3.8, 4) is 11.3 Å². The number of rotatable bonds is 5. The molecule has 1 aliphatic rings. The average Bonchev–Trinajstić information content (AvgIpc) is 3.26. The number of nitrogens with zero attached hydrogens (tertiary/aromatic N) is 6. The van der Waals surface area contributed by atoms with Gasteiger partial charge in [-0.1, -0.05) is 11.6 Å². The fourth-order valence-corrected chi connectivity index (χ4v) is 3.93. The normalized spacial score (nSPS) is 16.5. The van der Waals surface area contributed by atoms with Crippen molar-refractivity contribution in [1.82, 2.24) is 34.7 Å². The number of thiol groups is 1. The number of piperidine rings is 1. The number of hydrogen-bond donors (Lipinski definition) is 3. The topological polar surface area (TPSA) is 121 Å². The fraction of sp³-hybridized carbons (Fsp3) is 0.429. The van der Waals surface area contributed by atoms with Crippen molar-refractivity contribution >= 4 is 33.9 Å². The molecule has 0 saturated carbocycles. The SMILES string of the molecule is O=[SH](=O)CN1CCC(Nc2nc3c(Cl)c(-c4cn[nH]c4)ncn3n2)CC1. The Kier molecular flexibility index (Phi) is 4.74. The number of H-pyrrole nitrogens is 1. The first-order valence-electron chi connectivity index (χ1n) is 8.11. The molecule has 4 heterocycles. The van der Waals surface area contributed by atoms with Crippen LogP contribution in [0.2, 0.25) is 5.02 Å². The predicted molar refractivity (Wildman–Crippen MR) is 96.8 cm³/mol. The molecule has 0 amide bonds. The molecule has 1 saturated heterocycles. The van der Waals surface area contributed by atoms with Gasteiger partial charge >= 0.3 is 0 Å². The molecule has 3 aromatic rings. The number of aromatic amines is 1. The van der Waals surface area contributed by atoms with E-state index in [1.54, 1.807) is 18.7 Å². The Morgan fingerprint density at radius 1 is 1.35 bits per heavy atom. The number of nitrogens with one attached hydrogen (secondary N) is 2. The van der Waals surface area contributed by atoms with Gasteiger partial charge in [0.15, 0.2) is 16.4 Å². The Morgan fingerprint density at radius 3 is 2.85 bits per heavy atom. The molecule has 0 unspecified atom stereocenters. The van der Waals surface area contributed by atoms with E-state index in [1.807, 2.05) is 4.90 Å². The molecule has 1 fully saturated rings. The van der Waals surface area contributed by atoms with Crippen molar-refractivity contribution in [3.63, 3.8) is 0 Å². The zero-order chi connectivity index (χ0) is 18.1. The third-order valence-corrected chi connectivity index (χ3v) is 5.32. The Balaban J connectivity index is 1.49. The van der Waals surface area contributed by atoms with Gasteiger partial charge in [-0.25, -0.2) is 13.4 Å². The molecule has 138 valence electrons. The maximum Gasteiger partial charge on any atom is 0.243 e. The van der Waals surface area contributed by atoms with Crippen molar-refractivity contribution in [2.45, 2.75) is 18.9 Å². The van der Waals surface area contributed by atoms with Crippen molar-refractivity contribution < 1.29 is 8.42 Å². The lowest BCUT2D eigenvalue weighted by Gasteiger charge is -2.30. The summed E-state index contributed by atoms with van der Waals surface area (Å²) in [5.74, 6) is 0.596. The molecule has 1 aliphatic heterocycles. The highest BCUT2D eigenvalue weighted by Crippen LogP contribution is 2.28. The summed E-state index contributed by atoms with van der Waals surface area (Å²) in [5.41, 5.74) is 1.88. The molecule has 0 aromatic carbocycles. The van der Waals surface area contributed by atoms with Crippen LogP contribution in [0.5, 0.6) is 0 Å². The molecule has 0 aliphatic carbocycles. The van der Waals surface area contributed by atoms with E-state index in [2.05, 4.69) is 30.6 Å². The van der Waals surface area contributed by atoms with Crippen LogP contribution in [0.1, 0.15) is 12.8 Å². The zero-order valence-electron chi connectivity index (χ0n) is 13.7. The molecular weight excluding hydrogens is 380 g/mol. The van der Waals surface area contributed by atoms with Crippen molar-refractivity contribution in [2.24, 2.45) is 0 Å². The van der Waals surface area contributed by atoms with Gasteiger partial charge in [0.2, 0.25) is 5.95 Å². The fourth-order valence-electron chi connectivity index (χ4n) is 3.04. The Labute approximate surface area is 155 Å². The van der Waals surface area contributed by atoms with Crippen LogP contribution in [0.15, 0.2) is 18.7 Å². The summed E-state index contributed by atoms with van der Waals surface area (Å²) in [6.07, 6.45) is 6.57. The highest BCUT2D eigenvalue weighted by molar-refractivity contribution is 7.72. The quantitative estimate of drug-likeness (QED) is 0.536. The number of fused-ring (bicyclic) bond motifs is 1. The summed E-state index contributed by atoms with van der Waals surface area (Å²) < 4.78 is 23.2. The summed E-state index contributed by atoms with van der Waals surface area (Å²) in [5, 5.41) is 14.7. The summed E-state index contributed by atoms with van der Waals surface area (Å²) in [4.78, 5) is 10.7. The first-order valence-corrected chi connectivity index (χ1v) is 9.85. The first-order chi connectivity index (χ1) is 12.6. The molecule has 0 spiro atoms. The van der Waals surface area contributed by atoms with E-state index in [9.17, 15) is 8.42 Å². The van der Waals surface area contributed by atoms with Crippen LogP contribution >= 0.6 is 11.6 Å². The molecule has 10 nitrogen and oxygen atoms in total. The Morgan fingerprint density at radius 2 is 2.15 bits per heavy atom. The molecule has 2 N–H and O–H groups in total. The minimum atomic E-state index is -2.37. The summed E-state index contributed by atoms with van der Waals surface area (Å²) in [6.45, 7) is 1.45. The van der Waals surface area contributed by atoms with E-state index in [0.717, 1.165) is 31.5 Å². The van der Waals surface area contributed by atoms with E-state index in [1.165, 1.54) is 4.52 Å². The van der Waals surface area contributed by atoms with Crippen LogP contribution in [0, 0.1) is 0 Å². The van der Waals surface area contributed by atoms with Crippen LogP contribution in [-0.2, 0) is 10.7 Å². The second kappa shape index (κ2) is 7.17.